The molecule has 0 bridgehead atoms. The molecule has 6 nitrogen and oxygen atoms in total. The van der Waals surface area contributed by atoms with Gasteiger partial charge < -0.3 is 15.6 Å². The minimum absolute atomic E-state index is 0.0957. The number of nitrogens with two attached hydrogens (primary N) is 1. The maximum Gasteiger partial charge on any atom is 0.226 e. The van der Waals surface area contributed by atoms with Crippen molar-refractivity contribution < 1.29 is 9.32 Å². The van der Waals surface area contributed by atoms with Crippen LogP contribution in [0.15, 0.2) is 22.0 Å². The molecule has 130 valence electrons. The first-order valence-corrected chi connectivity index (χ1v) is 9.50. The van der Waals surface area contributed by atoms with Crippen LogP contribution in [0.4, 0.5) is 0 Å². The zero-order valence-electron chi connectivity index (χ0n) is 13.7. The molecule has 0 aromatic carbocycles. The molecule has 24 heavy (non-hydrogen) atoms. The van der Waals surface area contributed by atoms with Gasteiger partial charge in [-0.25, -0.2) is 0 Å². The van der Waals surface area contributed by atoms with E-state index in [4.69, 9.17) is 10.3 Å². The van der Waals surface area contributed by atoms with E-state index in [0.717, 1.165) is 17.7 Å². The van der Waals surface area contributed by atoms with E-state index in [1.165, 1.54) is 12.8 Å². The smallest absolute Gasteiger partial charge is 0.226 e. The second kappa shape index (κ2) is 8.39. The van der Waals surface area contributed by atoms with Crippen molar-refractivity contribution in [2.75, 3.05) is 6.54 Å². The van der Waals surface area contributed by atoms with Crippen LogP contribution in [0.3, 0.4) is 0 Å². The SMILES string of the molecule is NCC1CCCCC1NC(=O)CCCc1nc(-c2cccs2)no1. The van der Waals surface area contributed by atoms with Crippen molar-refractivity contribution >= 4 is 17.2 Å². The molecule has 2 atom stereocenters. The molecule has 3 rings (SSSR count). The normalized spacial score (nSPS) is 20.9. The van der Waals surface area contributed by atoms with Gasteiger partial charge in [-0.15, -0.1) is 11.3 Å². The van der Waals surface area contributed by atoms with Gasteiger partial charge in [0.25, 0.3) is 0 Å². The summed E-state index contributed by atoms with van der Waals surface area (Å²) in [5.41, 5.74) is 5.81. The molecule has 7 heteroatoms. The molecule has 1 saturated carbocycles. The highest BCUT2D eigenvalue weighted by molar-refractivity contribution is 7.13. The molecular formula is C17H24N4O2S. The van der Waals surface area contributed by atoms with Gasteiger partial charge in [0.1, 0.15) is 0 Å². The summed E-state index contributed by atoms with van der Waals surface area (Å²) in [5, 5.41) is 9.11. The molecule has 1 fully saturated rings. The monoisotopic (exact) mass is 348 g/mol. The highest BCUT2D eigenvalue weighted by atomic mass is 32.1. The van der Waals surface area contributed by atoms with Crippen molar-refractivity contribution in [2.24, 2.45) is 11.7 Å². The molecule has 0 radical (unpaired) electrons. The Morgan fingerprint density at radius 1 is 1.42 bits per heavy atom. The van der Waals surface area contributed by atoms with E-state index in [1.54, 1.807) is 11.3 Å². The number of hydrogen-bond acceptors (Lipinski definition) is 6. The third kappa shape index (κ3) is 4.42. The maximum absolute atomic E-state index is 12.1. The quantitative estimate of drug-likeness (QED) is 0.802. The van der Waals surface area contributed by atoms with Crippen molar-refractivity contribution in [3.63, 3.8) is 0 Å². The lowest BCUT2D eigenvalue weighted by Crippen LogP contribution is -2.44. The second-order valence-electron chi connectivity index (χ2n) is 6.30. The van der Waals surface area contributed by atoms with Gasteiger partial charge >= 0.3 is 0 Å². The number of aryl methyl sites for hydroxylation is 1. The molecule has 2 heterocycles. The Morgan fingerprint density at radius 3 is 3.08 bits per heavy atom. The fourth-order valence-corrected chi connectivity index (χ4v) is 3.87. The first-order valence-electron chi connectivity index (χ1n) is 8.62. The Balaban J connectivity index is 1.42. The fourth-order valence-electron chi connectivity index (χ4n) is 3.22. The standard InChI is InChI=1S/C17H24N4O2S/c18-11-12-5-1-2-6-13(12)19-15(22)8-3-9-16-20-17(21-23-16)14-7-4-10-24-14/h4,7,10,12-13H,1-3,5-6,8-9,11,18H2,(H,19,22). The second-order valence-corrected chi connectivity index (χ2v) is 7.24. The van der Waals surface area contributed by atoms with E-state index in [0.29, 0.717) is 43.4 Å². The summed E-state index contributed by atoms with van der Waals surface area (Å²) >= 11 is 1.58. The molecule has 2 aromatic rings. The van der Waals surface area contributed by atoms with Crippen LogP contribution in [0.5, 0.6) is 0 Å². The molecule has 1 aliphatic rings. The van der Waals surface area contributed by atoms with Crippen molar-refractivity contribution in [2.45, 2.75) is 51.0 Å². The first-order chi connectivity index (χ1) is 11.8. The number of nitrogens with zero attached hydrogens (tertiary/aromatic N) is 2. The Morgan fingerprint density at radius 2 is 2.29 bits per heavy atom. The first kappa shape index (κ1) is 17.1. The summed E-state index contributed by atoms with van der Waals surface area (Å²) in [6.45, 7) is 0.651. The van der Waals surface area contributed by atoms with E-state index >= 15 is 0 Å². The van der Waals surface area contributed by atoms with Crippen LogP contribution in [0.25, 0.3) is 10.7 Å². The number of carbonyl (C=O) groups excluding carboxylic acids is 1. The van der Waals surface area contributed by atoms with Crippen molar-refractivity contribution in [1.29, 1.82) is 0 Å². The molecule has 3 N–H and O–H groups in total. The topological polar surface area (TPSA) is 94.0 Å². The van der Waals surface area contributed by atoms with Gasteiger partial charge in [0.2, 0.25) is 17.6 Å². The lowest BCUT2D eigenvalue weighted by atomic mass is 9.84. The van der Waals surface area contributed by atoms with E-state index < -0.39 is 0 Å². The predicted octanol–water partition coefficient (Wildman–Crippen LogP) is 2.75. The average molecular weight is 348 g/mol. The Bertz CT molecular complexity index is 641. The third-order valence-electron chi connectivity index (χ3n) is 4.56. The molecule has 2 aromatic heterocycles. The van der Waals surface area contributed by atoms with E-state index in [1.807, 2.05) is 17.5 Å². The molecule has 0 spiro atoms. The van der Waals surface area contributed by atoms with Crippen LogP contribution in [0.1, 0.15) is 44.4 Å². The molecule has 0 saturated heterocycles. The number of nitrogens with one attached hydrogen (secondary N) is 1. The van der Waals surface area contributed by atoms with Crippen LogP contribution in [0.2, 0.25) is 0 Å². The summed E-state index contributed by atoms with van der Waals surface area (Å²) < 4.78 is 5.25. The van der Waals surface area contributed by atoms with Gasteiger partial charge in [-0.2, -0.15) is 4.98 Å². The largest absolute Gasteiger partial charge is 0.353 e. The molecule has 1 amide bonds. The van der Waals surface area contributed by atoms with Crippen LogP contribution >= 0.6 is 11.3 Å². The summed E-state index contributed by atoms with van der Waals surface area (Å²) in [7, 11) is 0. The maximum atomic E-state index is 12.1. The zero-order chi connectivity index (χ0) is 16.8. The van der Waals surface area contributed by atoms with Gasteiger partial charge in [-0.1, -0.05) is 24.1 Å². The Kier molecular flexibility index (Phi) is 5.98. The van der Waals surface area contributed by atoms with Crippen LogP contribution in [-0.4, -0.2) is 28.6 Å². The van der Waals surface area contributed by atoms with Crippen LogP contribution in [0, 0.1) is 5.92 Å². The summed E-state index contributed by atoms with van der Waals surface area (Å²) in [6, 6.07) is 4.16. The lowest BCUT2D eigenvalue weighted by Gasteiger charge is -2.31. The number of hydrogen-bond donors (Lipinski definition) is 2. The summed E-state index contributed by atoms with van der Waals surface area (Å²) in [6.07, 6.45) is 6.36. The highest BCUT2D eigenvalue weighted by Gasteiger charge is 2.25. The fraction of sp³-hybridized carbons (Fsp3) is 0.588. The Labute approximate surface area is 145 Å². The third-order valence-corrected chi connectivity index (χ3v) is 5.43. The van der Waals surface area contributed by atoms with Gasteiger partial charge in [-0.3, -0.25) is 4.79 Å². The number of rotatable bonds is 7. The number of aromatic nitrogens is 2. The van der Waals surface area contributed by atoms with E-state index in [-0.39, 0.29) is 11.9 Å². The average Bonchev–Trinajstić information content (AvgIpc) is 3.26. The highest BCUT2D eigenvalue weighted by Crippen LogP contribution is 2.24. The molecular weight excluding hydrogens is 324 g/mol. The predicted molar refractivity (Wildman–Crippen MR) is 93.5 cm³/mol. The minimum atomic E-state index is 0.0957. The van der Waals surface area contributed by atoms with Gasteiger partial charge in [0.05, 0.1) is 4.88 Å². The van der Waals surface area contributed by atoms with Crippen molar-refractivity contribution in [3.8, 4) is 10.7 Å². The minimum Gasteiger partial charge on any atom is -0.353 e. The zero-order valence-corrected chi connectivity index (χ0v) is 14.6. The molecule has 2 unspecified atom stereocenters. The van der Waals surface area contributed by atoms with Gasteiger partial charge in [-0.05, 0) is 43.2 Å². The number of thiophene rings is 1. The van der Waals surface area contributed by atoms with E-state index in [9.17, 15) is 4.79 Å². The molecule has 0 aliphatic heterocycles. The van der Waals surface area contributed by atoms with Gasteiger partial charge in [0, 0.05) is 18.9 Å². The van der Waals surface area contributed by atoms with Crippen LogP contribution in [-0.2, 0) is 11.2 Å². The van der Waals surface area contributed by atoms with E-state index in [2.05, 4.69) is 15.5 Å². The lowest BCUT2D eigenvalue weighted by molar-refractivity contribution is -0.122. The number of carbonyl (C=O) groups is 1. The molecule has 1 aliphatic carbocycles. The summed E-state index contributed by atoms with van der Waals surface area (Å²) in [5.74, 6) is 1.73. The van der Waals surface area contributed by atoms with Crippen molar-refractivity contribution in [1.82, 2.24) is 15.5 Å². The van der Waals surface area contributed by atoms with Crippen LogP contribution < -0.4 is 11.1 Å². The van der Waals surface area contributed by atoms with Gasteiger partial charge in [0.15, 0.2) is 0 Å². The Hall–Kier alpha value is -1.73. The number of amides is 1. The van der Waals surface area contributed by atoms with Crippen molar-refractivity contribution in [3.05, 3.63) is 23.4 Å². The summed E-state index contributed by atoms with van der Waals surface area (Å²) in [4.78, 5) is 17.5.